The monoisotopic (exact) mass is 182 g/mol. The van der Waals surface area contributed by atoms with Gasteiger partial charge in [0.25, 0.3) is 0 Å². The van der Waals surface area contributed by atoms with Gasteiger partial charge >= 0.3 is 0 Å². The van der Waals surface area contributed by atoms with Crippen molar-refractivity contribution >= 4 is 28.3 Å². The van der Waals surface area contributed by atoms with Gasteiger partial charge in [-0.3, -0.25) is 0 Å². The molecule has 2 rings (SSSR count). The summed E-state index contributed by atoms with van der Waals surface area (Å²) in [6.07, 6.45) is 0. The van der Waals surface area contributed by atoms with E-state index < -0.39 is 0 Å². The summed E-state index contributed by atoms with van der Waals surface area (Å²) in [6, 6.07) is 3.51. The number of halogens is 1. The maximum absolute atomic E-state index is 5.82. The summed E-state index contributed by atoms with van der Waals surface area (Å²) in [4.78, 5) is 0. The first kappa shape index (κ1) is 7.36. The van der Waals surface area contributed by atoms with Crippen molar-refractivity contribution in [2.24, 2.45) is 7.05 Å². The number of anilines is 1. The van der Waals surface area contributed by atoms with Gasteiger partial charge in [-0.25, -0.2) is 4.68 Å². The van der Waals surface area contributed by atoms with Crippen molar-refractivity contribution in [2.45, 2.75) is 0 Å². The molecule has 12 heavy (non-hydrogen) atoms. The van der Waals surface area contributed by atoms with Gasteiger partial charge in [0.1, 0.15) is 11.0 Å². The summed E-state index contributed by atoms with van der Waals surface area (Å²) in [5, 5.41) is 8.26. The Labute approximate surface area is 73.9 Å². The predicted octanol–water partition coefficient (Wildman–Crippen LogP) is 1.20. The molecule has 0 aliphatic carbocycles. The Kier molecular flexibility index (Phi) is 1.44. The van der Waals surface area contributed by atoms with E-state index in [0.29, 0.717) is 10.7 Å². The summed E-state index contributed by atoms with van der Waals surface area (Å²) >= 11 is 5.82. The third-order valence-corrected chi connectivity index (χ3v) is 2.08. The van der Waals surface area contributed by atoms with Gasteiger partial charge in [-0.1, -0.05) is 16.8 Å². The SMILES string of the molecule is Cn1nnc2ccc(Cl)c(N)c21. The van der Waals surface area contributed by atoms with Gasteiger partial charge in [-0.2, -0.15) is 0 Å². The van der Waals surface area contributed by atoms with Crippen molar-refractivity contribution in [3.05, 3.63) is 17.2 Å². The van der Waals surface area contributed by atoms with E-state index in [1.807, 2.05) is 0 Å². The largest absolute Gasteiger partial charge is 0.396 e. The second kappa shape index (κ2) is 2.35. The van der Waals surface area contributed by atoms with Crippen LogP contribution in [0.15, 0.2) is 12.1 Å². The molecule has 0 fully saturated rings. The average molecular weight is 183 g/mol. The fourth-order valence-corrected chi connectivity index (χ4v) is 1.31. The van der Waals surface area contributed by atoms with Crippen molar-refractivity contribution in [3.8, 4) is 0 Å². The highest BCUT2D eigenvalue weighted by molar-refractivity contribution is 6.34. The molecule has 0 saturated heterocycles. The predicted molar refractivity (Wildman–Crippen MR) is 47.9 cm³/mol. The van der Waals surface area contributed by atoms with Gasteiger partial charge in [-0.15, -0.1) is 5.10 Å². The molecule has 0 unspecified atom stereocenters. The molecule has 0 saturated carbocycles. The normalized spacial score (nSPS) is 10.8. The second-order valence-corrected chi connectivity index (χ2v) is 2.95. The summed E-state index contributed by atoms with van der Waals surface area (Å²) in [6.45, 7) is 0. The van der Waals surface area contributed by atoms with Crippen LogP contribution in [0.2, 0.25) is 5.02 Å². The molecule has 0 amide bonds. The van der Waals surface area contributed by atoms with Crippen molar-refractivity contribution < 1.29 is 0 Å². The van der Waals surface area contributed by atoms with E-state index in [-0.39, 0.29) is 0 Å². The number of fused-ring (bicyclic) bond motifs is 1. The summed E-state index contributed by atoms with van der Waals surface area (Å²) < 4.78 is 1.61. The fraction of sp³-hybridized carbons (Fsp3) is 0.143. The molecule has 2 aromatic rings. The van der Waals surface area contributed by atoms with Crippen LogP contribution in [0.25, 0.3) is 11.0 Å². The first-order chi connectivity index (χ1) is 5.70. The van der Waals surface area contributed by atoms with E-state index in [2.05, 4.69) is 10.3 Å². The Morgan fingerprint density at radius 1 is 1.50 bits per heavy atom. The Hall–Kier alpha value is -1.29. The Morgan fingerprint density at radius 3 is 3.00 bits per heavy atom. The van der Waals surface area contributed by atoms with Gasteiger partial charge in [0.2, 0.25) is 0 Å². The lowest BCUT2D eigenvalue weighted by Crippen LogP contribution is -1.95. The molecule has 0 atom stereocenters. The van der Waals surface area contributed by atoms with E-state index in [0.717, 1.165) is 11.0 Å². The lowest BCUT2D eigenvalue weighted by Gasteiger charge is -1.99. The Morgan fingerprint density at radius 2 is 2.25 bits per heavy atom. The number of hydrogen-bond acceptors (Lipinski definition) is 3. The lowest BCUT2D eigenvalue weighted by atomic mass is 10.3. The number of nitrogen functional groups attached to an aromatic ring is 1. The summed E-state index contributed by atoms with van der Waals surface area (Å²) in [5.41, 5.74) is 7.80. The van der Waals surface area contributed by atoms with E-state index in [4.69, 9.17) is 17.3 Å². The molecule has 1 aromatic carbocycles. The van der Waals surface area contributed by atoms with E-state index in [1.165, 1.54) is 0 Å². The molecule has 0 aliphatic heterocycles. The molecule has 0 spiro atoms. The first-order valence-electron chi connectivity index (χ1n) is 3.43. The molecule has 1 heterocycles. The smallest absolute Gasteiger partial charge is 0.115 e. The Bertz CT molecular complexity index is 434. The first-order valence-corrected chi connectivity index (χ1v) is 3.81. The van der Waals surface area contributed by atoms with Crippen LogP contribution in [0, 0.1) is 0 Å². The number of hydrogen-bond donors (Lipinski definition) is 1. The molecular formula is C7H7ClN4. The van der Waals surface area contributed by atoms with Gasteiger partial charge < -0.3 is 5.73 Å². The maximum Gasteiger partial charge on any atom is 0.115 e. The highest BCUT2D eigenvalue weighted by Gasteiger charge is 2.07. The zero-order chi connectivity index (χ0) is 8.72. The van der Waals surface area contributed by atoms with Crippen LogP contribution < -0.4 is 5.73 Å². The van der Waals surface area contributed by atoms with Crippen molar-refractivity contribution in [3.63, 3.8) is 0 Å². The highest BCUT2D eigenvalue weighted by Crippen LogP contribution is 2.26. The Balaban J connectivity index is 2.96. The number of nitrogens with two attached hydrogens (primary N) is 1. The minimum absolute atomic E-state index is 0.529. The van der Waals surface area contributed by atoms with Crippen molar-refractivity contribution in [1.82, 2.24) is 15.0 Å². The van der Waals surface area contributed by atoms with Crippen molar-refractivity contribution in [1.29, 1.82) is 0 Å². The highest BCUT2D eigenvalue weighted by atomic mass is 35.5. The second-order valence-electron chi connectivity index (χ2n) is 2.54. The molecule has 0 aliphatic rings. The molecule has 0 bridgehead atoms. The van der Waals surface area contributed by atoms with Crippen LogP contribution in [-0.2, 0) is 7.05 Å². The molecule has 4 nitrogen and oxygen atoms in total. The van der Waals surface area contributed by atoms with Gasteiger partial charge in [0.05, 0.1) is 10.7 Å². The number of aromatic nitrogens is 3. The number of benzene rings is 1. The van der Waals surface area contributed by atoms with Crippen LogP contribution in [0.4, 0.5) is 5.69 Å². The van der Waals surface area contributed by atoms with Crippen molar-refractivity contribution in [2.75, 3.05) is 5.73 Å². The zero-order valence-corrected chi connectivity index (χ0v) is 7.21. The standard InChI is InChI=1S/C7H7ClN4/c1-12-7-5(10-11-12)3-2-4(8)6(7)9/h2-3H,9H2,1H3. The van der Waals surface area contributed by atoms with Gasteiger partial charge in [0.15, 0.2) is 0 Å². The van der Waals surface area contributed by atoms with E-state index in [1.54, 1.807) is 23.9 Å². The third kappa shape index (κ3) is 0.848. The lowest BCUT2D eigenvalue weighted by molar-refractivity contribution is 0.737. The van der Waals surface area contributed by atoms with Crippen LogP contribution in [0.3, 0.4) is 0 Å². The maximum atomic E-state index is 5.82. The fourth-order valence-electron chi connectivity index (χ4n) is 1.15. The van der Waals surface area contributed by atoms with Crippen LogP contribution in [0.5, 0.6) is 0 Å². The molecule has 5 heteroatoms. The number of aryl methyl sites for hydroxylation is 1. The van der Waals surface area contributed by atoms with E-state index >= 15 is 0 Å². The topological polar surface area (TPSA) is 56.7 Å². The minimum atomic E-state index is 0.529. The van der Waals surface area contributed by atoms with E-state index in [9.17, 15) is 0 Å². The van der Waals surface area contributed by atoms with Crippen LogP contribution in [0.1, 0.15) is 0 Å². The zero-order valence-electron chi connectivity index (χ0n) is 6.45. The average Bonchev–Trinajstić information content (AvgIpc) is 2.41. The molecule has 2 N–H and O–H groups in total. The molecule has 62 valence electrons. The summed E-state index contributed by atoms with van der Waals surface area (Å²) in [7, 11) is 1.78. The van der Waals surface area contributed by atoms with Crippen LogP contribution >= 0.6 is 11.6 Å². The van der Waals surface area contributed by atoms with Crippen LogP contribution in [-0.4, -0.2) is 15.0 Å². The summed E-state index contributed by atoms with van der Waals surface area (Å²) in [5.74, 6) is 0. The molecule has 0 radical (unpaired) electrons. The van der Waals surface area contributed by atoms with Gasteiger partial charge in [-0.05, 0) is 12.1 Å². The third-order valence-electron chi connectivity index (χ3n) is 1.75. The minimum Gasteiger partial charge on any atom is -0.396 e. The molecule has 1 aromatic heterocycles. The molecular weight excluding hydrogens is 176 g/mol. The number of nitrogens with zero attached hydrogens (tertiary/aromatic N) is 3. The quantitative estimate of drug-likeness (QED) is 0.623. The van der Waals surface area contributed by atoms with Gasteiger partial charge in [0, 0.05) is 7.05 Å². The number of rotatable bonds is 0.